The first kappa shape index (κ1) is 18.8. The van der Waals surface area contributed by atoms with E-state index in [0.29, 0.717) is 18.8 Å². The summed E-state index contributed by atoms with van der Waals surface area (Å²) in [5.74, 6) is 0.0805. The van der Waals surface area contributed by atoms with E-state index in [-0.39, 0.29) is 0 Å². The summed E-state index contributed by atoms with van der Waals surface area (Å²) >= 11 is 0. The minimum absolute atomic E-state index is 0.430. The van der Waals surface area contributed by atoms with Gasteiger partial charge in [-0.05, 0) is 55.9 Å². The van der Waals surface area contributed by atoms with Gasteiger partial charge in [-0.15, -0.1) is 0 Å². The third-order valence-corrected chi connectivity index (χ3v) is 3.99. The quantitative estimate of drug-likeness (QED) is 0.758. The van der Waals surface area contributed by atoms with E-state index >= 15 is 0 Å². The molecule has 1 unspecified atom stereocenters. The highest BCUT2D eigenvalue weighted by Gasteiger charge is 2.20. The minimum atomic E-state index is -0.837. The van der Waals surface area contributed by atoms with Crippen LogP contribution in [0.3, 0.4) is 0 Å². The van der Waals surface area contributed by atoms with Crippen LogP contribution < -0.4 is 9.47 Å². The SMILES string of the molecule is COc1ccc(C(Cc2ccc(OCCN(C)C)cc2)C(=O)O)cc1. The lowest BCUT2D eigenvalue weighted by Crippen LogP contribution is -2.19. The van der Waals surface area contributed by atoms with Gasteiger partial charge in [-0.1, -0.05) is 24.3 Å². The zero-order chi connectivity index (χ0) is 18.2. The average Bonchev–Trinajstić information content (AvgIpc) is 2.60. The molecule has 0 heterocycles. The van der Waals surface area contributed by atoms with Gasteiger partial charge in [-0.25, -0.2) is 0 Å². The molecule has 0 saturated heterocycles. The lowest BCUT2D eigenvalue weighted by atomic mass is 9.92. The van der Waals surface area contributed by atoms with E-state index in [4.69, 9.17) is 9.47 Å². The highest BCUT2D eigenvalue weighted by Crippen LogP contribution is 2.24. The second kappa shape index (κ2) is 9.08. The number of carboxylic acids is 1. The first-order chi connectivity index (χ1) is 12.0. The van der Waals surface area contributed by atoms with Gasteiger partial charge in [0.25, 0.3) is 0 Å². The van der Waals surface area contributed by atoms with E-state index in [0.717, 1.165) is 23.4 Å². The van der Waals surface area contributed by atoms with Crippen molar-refractivity contribution < 1.29 is 19.4 Å². The number of benzene rings is 2. The number of rotatable bonds is 9. The molecule has 0 fully saturated rings. The largest absolute Gasteiger partial charge is 0.497 e. The van der Waals surface area contributed by atoms with Crippen LogP contribution in [0.25, 0.3) is 0 Å². The molecule has 25 heavy (non-hydrogen) atoms. The maximum absolute atomic E-state index is 11.7. The van der Waals surface area contributed by atoms with Crippen LogP contribution in [0.5, 0.6) is 11.5 Å². The predicted octanol–water partition coefficient (Wildman–Crippen LogP) is 3.05. The van der Waals surface area contributed by atoms with Crippen LogP contribution in [0.1, 0.15) is 17.0 Å². The first-order valence-corrected chi connectivity index (χ1v) is 8.23. The molecule has 0 aromatic heterocycles. The molecule has 2 aromatic rings. The van der Waals surface area contributed by atoms with Gasteiger partial charge in [0.2, 0.25) is 0 Å². The lowest BCUT2D eigenvalue weighted by molar-refractivity contribution is -0.138. The maximum Gasteiger partial charge on any atom is 0.311 e. The van der Waals surface area contributed by atoms with Crippen molar-refractivity contribution in [2.75, 3.05) is 34.4 Å². The summed E-state index contributed by atoms with van der Waals surface area (Å²) < 4.78 is 10.8. The second-order valence-corrected chi connectivity index (χ2v) is 6.16. The summed E-state index contributed by atoms with van der Waals surface area (Å²) in [4.78, 5) is 13.7. The topological polar surface area (TPSA) is 59.0 Å². The van der Waals surface area contributed by atoms with E-state index in [1.165, 1.54) is 0 Å². The van der Waals surface area contributed by atoms with Crippen LogP contribution >= 0.6 is 0 Å². The van der Waals surface area contributed by atoms with Crippen molar-refractivity contribution in [3.05, 3.63) is 59.7 Å². The summed E-state index contributed by atoms with van der Waals surface area (Å²) in [7, 11) is 5.58. The number of hydrogen-bond donors (Lipinski definition) is 1. The molecular formula is C20H25NO4. The van der Waals surface area contributed by atoms with Crippen molar-refractivity contribution in [1.82, 2.24) is 4.90 Å². The van der Waals surface area contributed by atoms with Gasteiger partial charge < -0.3 is 19.5 Å². The number of hydrogen-bond acceptors (Lipinski definition) is 4. The molecule has 2 aromatic carbocycles. The Morgan fingerprint density at radius 2 is 1.64 bits per heavy atom. The Kier molecular flexibility index (Phi) is 6.83. The summed E-state index contributed by atoms with van der Waals surface area (Å²) in [5.41, 5.74) is 1.72. The molecule has 0 aliphatic carbocycles. The molecule has 0 aliphatic rings. The average molecular weight is 343 g/mol. The minimum Gasteiger partial charge on any atom is -0.497 e. The zero-order valence-corrected chi connectivity index (χ0v) is 14.9. The van der Waals surface area contributed by atoms with Gasteiger partial charge in [0.05, 0.1) is 13.0 Å². The van der Waals surface area contributed by atoms with E-state index in [1.807, 2.05) is 38.4 Å². The summed E-state index contributed by atoms with van der Waals surface area (Å²) in [6.07, 6.45) is 0.430. The molecule has 0 amide bonds. The van der Waals surface area contributed by atoms with E-state index in [1.54, 1.807) is 31.4 Å². The fourth-order valence-corrected chi connectivity index (χ4v) is 2.49. The summed E-state index contributed by atoms with van der Waals surface area (Å²) in [5, 5.41) is 9.58. The third kappa shape index (κ3) is 5.80. The molecular weight excluding hydrogens is 318 g/mol. The molecule has 0 saturated carbocycles. The molecule has 0 aliphatic heterocycles. The zero-order valence-electron chi connectivity index (χ0n) is 14.9. The Hall–Kier alpha value is -2.53. The number of carboxylic acid groups (broad SMARTS) is 1. The summed E-state index contributed by atoms with van der Waals surface area (Å²) in [6, 6.07) is 14.8. The molecule has 2 rings (SSSR count). The number of ether oxygens (including phenoxy) is 2. The van der Waals surface area contributed by atoms with Gasteiger partial charge in [-0.2, -0.15) is 0 Å². The Bertz CT molecular complexity index is 665. The standard InChI is InChI=1S/C20H25NO4/c1-21(2)12-13-25-18-8-4-15(5-9-18)14-19(20(22)23)16-6-10-17(24-3)11-7-16/h4-11,19H,12-14H2,1-3H3,(H,22,23). The smallest absolute Gasteiger partial charge is 0.311 e. The highest BCUT2D eigenvalue weighted by atomic mass is 16.5. The highest BCUT2D eigenvalue weighted by molar-refractivity contribution is 5.76. The first-order valence-electron chi connectivity index (χ1n) is 8.23. The number of carbonyl (C=O) groups is 1. The van der Waals surface area contributed by atoms with E-state index in [2.05, 4.69) is 4.90 Å². The van der Waals surface area contributed by atoms with Crippen molar-refractivity contribution in [1.29, 1.82) is 0 Å². The van der Waals surface area contributed by atoms with Crippen LogP contribution in [0.4, 0.5) is 0 Å². The molecule has 5 nitrogen and oxygen atoms in total. The molecule has 1 N–H and O–H groups in total. The molecule has 1 atom stereocenters. The molecule has 0 bridgehead atoms. The Labute approximate surface area is 148 Å². The van der Waals surface area contributed by atoms with Crippen LogP contribution in [-0.4, -0.2) is 50.3 Å². The van der Waals surface area contributed by atoms with Gasteiger partial charge in [0.15, 0.2) is 0 Å². The molecule has 0 radical (unpaired) electrons. The Morgan fingerprint density at radius 1 is 1.04 bits per heavy atom. The molecule has 5 heteroatoms. The number of likely N-dealkylation sites (N-methyl/N-ethyl adjacent to an activating group) is 1. The van der Waals surface area contributed by atoms with Crippen LogP contribution in [0, 0.1) is 0 Å². The van der Waals surface area contributed by atoms with Crippen LogP contribution in [0.15, 0.2) is 48.5 Å². The lowest BCUT2D eigenvalue weighted by Gasteiger charge is -2.14. The monoisotopic (exact) mass is 343 g/mol. The number of methoxy groups -OCH3 is 1. The maximum atomic E-state index is 11.7. The van der Waals surface area contributed by atoms with Crippen LogP contribution in [-0.2, 0) is 11.2 Å². The number of nitrogens with zero attached hydrogens (tertiary/aromatic N) is 1. The van der Waals surface area contributed by atoms with Crippen molar-refractivity contribution >= 4 is 5.97 Å². The normalized spacial score (nSPS) is 12.0. The number of aliphatic carboxylic acids is 1. The van der Waals surface area contributed by atoms with E-state index < -0.39 is 11.9 Å². The van der Waals surface area contributed by atoms with Crippen LogP contribution in [0.2, 0.25) is 0 Å². The third-order valence-electron chi connectivity index (χ3n) is 3.99. The van der Waals surface area contributed by atoms with E-state index in [9.17, 15) is 9.90 Å². The van der Waals surface area contributed by atoms with Gasteiger partial charge in [0, 0.05) is 6.54 Å². The van der Waals surface area contributed by atoms with Crippen molar-refractivity contribution in [3.63, 3.8) is 0 Å². The fourth-order valence-electron chi connectivity index (χ4n) is 2.49. The molecule has 134 valence electrons. The van der Waals surface area contributed by atoms with Crippen molar-refractivity contribution in [2.24, 2.45) is 0 Å². The summed E-state index contributed by atoms with van der Waals surface area (Å²) in [6.45, 7) is 1.47. The van der Waals surface area contributed by atoms with Crippen molar-refractivity contribution in [3.8, 4) is 11.5 Å². The Morgan fingerprint density at radius 3 is 2.16 bits per heavy atom. The van der Waals surface area contributed by atoms with Gasteiger partial charge >= 0.3 is 5.97 Å². The van der Waals surface area contributed by atoms with Crippen molar-refractivity contribution in [2.45, 2.75) is 12.3 Å². The Balaban J connectivity index is 2.02. The molecule has 0 spiro atoms. The second-order valence-electron chi connectivity index (χ2n) is 6.16. The van der Waals surface area contributed by atoms with Gasteiger partial charge in [-0.3, -0.25) is 4.79 Å². The van der Waals surface area contributed by atoms with Gasteiger partial charge in [0.1, 0.15) is 18.1 Å². The predicted molar refractivity (Wildman–Crippen MR) is 97.6 cm³/mol. The fraction of sp³-hybridized carbons (Fsp3) is 0.350.